The first kappa shape index (κ1) is 18.8. The van der Waals surface area contributed by atoms with Crippen molar-refractivity contribution in [2.24, 2.45) is 0 Å². The number of halogens is 1. The van der Waals surface area contributed by atoms with Crippen LogP contribution in [0.4, 0.5) is 4.39 Å². The lowest BCUT2D eigenvalue weighted by molar-refractivity contribution is 0.103. The van der Waals surface area contributed by atoms with Crippen LogP contribution in [-0.2, 0) is 13.1 Å². The molecule has 0 unspecified atom stereocenters. The second-order valence-electron chi connectivity index (χ2n) is 7.01. The number of fused-ring (bicyclic) bond motifs is 1. The van der Waals surface area contributed by atoms with Crippen molar-refractivity contribution < 1.29 is 9.18 Å². The first-order valence-corrected chi connectivity index (χ1v) is 9.42. The Morgan fingerprint density at radius 1 is 1.00 bits per heavy atom. The van der Waals surface area contributed by atoms with E-state index in [4.69, 9.17) is 0 Å². The molecular weight excluding hydrogens is 369 g/mol. The molecule has 6 heteroatoms. The molecule has 4 aromatic rings. The van der Waals surface area contributed by atoms with Gasteiger partial charge in [0.15, 0.2) is 5.78 Å². The number of benzene rings is 2. The van der Waals surface area contributed by atoms with E-state index in [-0.39, 0.29) is 17.2 Å². The minimum Gasteiger partial charge on any atom is -0.328 e. The molecule has 0 radical (unpaired) electrons. The summed E-state index contributed by atoms with van der Waals surface area (Å²) in [5.41, 5.74) is 3.49. The quantitative estimate of drug-likeness (QED) is 0.486. The summed E-state index contributed by atoms with van der Waals surface area (Å²) < 4.78 is 16.6. The van der Waals surface area contributed by atoms with Gasteiger partial charge in [0.05, 0.1) is 11.7 Å². The van der Waals surface area contributed by atoms with E-state index in [0.717, 1.165) is 11.1 Å². The molecule has 0 saturated carbocycles. The first-order chi connectivity index (χ1) is 14.0. The molecule has 4 rings (SSSR count). The number of carbonyl (C=O) groups is 1. The van der Waals surface area contributed by atoms with E-state index in [0.29, 0.717) is 35.2 Å². The van der Waals surface area contributed by atoms with Crippen LogP contribution in [0, 0.1) is 12.7 Å². The third-order valence-corrected chi connectivity index (χ3v) is 5.05. The molecule has 0 saturated heterocycles. The molecule has 0 aliphatic carbocycles. The lowest BCUT2D eigenvalue weighted by atomic mass is 10.0. The molecule has 0 spiro atoms. The Morgan fingerprint density at radius 3 is 2.24 bits per heavy atom. The van der Waals surface area contributed by atoms with E-state index in [1.54, 1.807) is 23.0 Å². The molecule has 2 heterocycles. The lowest BCUT2D eigenvalue weighted by Gasteiger charge is -2.07. The number of aryl methyl sites for hydroxylation is 2. The monoisotopic (exact) mass is 389 g/mol. The summed E-state index contributed by atoms with van der Waals surface area (Å²) in [5, 5.41) is 0.637. The van der Waals surface area contributed by atoms with E-state index in [1.807, 2.05) is 36.7 Å². The van der Waals surface area contributed by atoms with E-state index in [9.17, 15) is 14.0 Å². The lowest BCUT2D eigenvalue weighted by Crippen LogP contribution is -2.20. The number of aromatic nitrogens is 3. The Balaban J connectivity index is 1.61. The largest absolute Gasteiger partial charge is 0.328 e. The molecular formula is C23H20FN3O2. The van der Waals surface area contributed by atoms with Crippen molar-refractivity contribution in [3.05, 3.63) is 99.5 Å². The van der Waals surface area contributed by atoms with Crippen LogP contribution >= 0.6 is 0 Å². The van der Waals surface area contributed by atoms with Crippen LogP contribution in [0.3, 0.4) is 0 Å². The van der Waals surface area contributed by atoms with Gasteiger partial charge in [-0.1, -0.05) is 24.3 Å². The SMILES string of the molecule is CCn1cnc2c(c(C)cn2Cc2ccc(C(=O)c3ccc(F)cc3)cc2)c1=O. The van der Waals surface area contributed by atoms with Crippen molar-refractivity contribution in [1.82, 2.24) is 14.1 Å². The van der Waals surface area contributed by atoms with Crippen LogP contribution in [0.1, 0.15) is 34.0 Å². The zero-order valence-corrected chi connectivity index (χ0v) is 16.2. The molecule has 146 valence electrons. The van der Waals surface area contributed by atoms with Gasteiger partial charge < -0.3 is 4.57 Å². The maximum absolute atomic E-state index is 13.1. The fourth-order valence-corrected chi connectivity index (χ4v) is 3.47. The first-order valence-electron chi connectivity index (χ1n) is 9.42. The van der Waals surface area contributed by atoms with Gasteiger partial charge >= 0.3 is 0 Å². The van der Waals surface area contributed by atoms with Gasteiger partial charge in [-0.2, -0.15) is 0 Å². The van der Waals surface area contributed by atoms with Gasteiger partial charge in [-0.05, 0) is 49.2 Å². The number of carbonyl (C=O) groups excluding carboxylic acids is 1. The van der Waals surface area contributed by atoms with Crippen molar-refractivity contribution >= 4 is 16.8 Å². The van der Waals surface area contributed by atoms with Crippen LogP contribution in [0.25, 0.3) is 11.0 Å². The second-order valence-corrected chi connectivity index (χ2v) is 7.01. The maximum atomic E-state index is 13.1. The van der Waals surface area contributed by atoms with Crippen LogP contribution < -0.4 is 5.56 Å². The third kappa shape index (κ3) is 3.49. The zero-order valence-electron chi connectivity index (χ0n) is 16.2. The fraction of sp³-hybridized carbons (Fsp3) is 0.174. The van der Waals surface area contributed by atoms with E-state index in [1.165, 1.54) is 24.3 Å². The molecule has 0 atom stereocenters. The molecule has 0 N–H and O–H groups in total. The Hall–Kier alpha value is -3.54. The smallest absolute Gasteiger partial charge is 0.263 e. The Kier molecular flexibility index (Phi) is 4.84. The van der Waals surface area contributed by atoms with Crippen LogP contribution in [0.2, 0.25) is 0 Å². The standard InChI is InChI=1S/C23H20FN3O2/c1-3-26-14-25-22-20(23(26)29)15(2)12-27(22)13-16-4-6-17(7-5-16)21(28)18-8-10-19(24)11-9-18/h4-12,14H,3,13H2,1-2H3. The van der Waals surface area contributed by atoms with Crippen LogP contribution in [-0.4, -0.2) is 19.9 Å². The highest BCUT2D eigenvalue weighted by Gasteiger charge is 2.13. The van der Waals surface area contributed by atoms with Gasteiger partial charge in [-0.25, -0.2) is 9.37 Å². The normalized spacial score (nSPS) is 11.1. The molecule has 5 nitrogen and oxygen atoms in total. The Bertz CT molecular complexity index is 1250. The summed E-state index contributed by atoms with van der Waals surface area (Å²) in [6.45, 7) is 4.94. The minimum absolute atomic E-state index is 0.0333. The highest BCUT2D eigenvalue weighted by atomic mass is 19.1. The number of ketones is 1. The Morgan fingerprint density at radius 2 is 1.62 bits per heavy atom. The summed E-state index contributed by atoms with van der Waals surface area (Å²) >= 11 is 0. The van der Waals surface area contributed by atoms with Crippen molar-refractivity contribution in [3.63, 3.8) is 0 Å². The van der Waals surface area contributed by atoms with Crippen molar-refractivity contribution in [3.8, 4) is 0 Å². The number of nitrogens with zero attached hydrogens (tertiary/aromatic N) is 3. The number of hydrogen-bond donors (Lipinski definition) is 0. The summed E-state index contributed by atoms with van der Waals surface area (Å²) in [7, 11) is 0. The summed E-state index contributed by atoms with van der Waals surface area (Å²) in [5.74, 6) is -0.522. The average molecular weight is 389 g/mol. The van der Waals surface area contributed by atoms with Gasteiger partial charge in [0, 0.05) is 30.4 Å². The Labute approximate surface area is 167 Å². The van der Waals surface area contributed by atoms with Gasteiger partial charge in [0.25, 0.3) is 5.56 Å². The maximum Gasteiger partial charge on any atom is 0.263 e. The molecule has 2 aromatic heterocycles. The van der Waals surface area contributed by atoms with E-state index < -0.39 is 0 Å². The molecule has 29 heavy (non-hydrogen) atoms. The second kappa shape index (κ2) is 7.47. The average Bonchev–Trinajstić information content (AvgIpc) is 3.05. The molecule has 0 aliphatic heterocycles. The predicted octanol–water partition coefficient (Wildman–Crippen LogP) is 3.94. The molecule has 0 fully saturated rings. The topological polar surface area (TPSA) is 56.9 Å². The van der Waals surface area contributed by atoms with Crippen molar-refractivity contribution in [2.75, 3.05) is 0 Å². The van der Waals surface area contributed by atoms with Gasteiger partial charge in [-0.15, -0.1) is 0 Å². The van der Waals surface area contributed by atoms with Gasteiger partial charge in [0.1, 0.15) is 11.5 Å². The van der Waals surface area contributed by atoms with Gasteiger partial charge in [0.2, 0.25) is 0 Å². The molecule has 2 aromatic carbocycles. The summed E-state index contributed by atoms with van der Waals surface area (Å²) in [4.78, 5) is 29.6. The van der Waals surface area contributed by atoms with Crippen molar-refractivity contribution in [2.45, 2.75) is 26.9 Å². The van der Waals surface area contributed by atoms with Gasteiger partial charge in [-0.3, -0.25) is 14.2 Å². The summed E-state index contributed by atoms with van der Waals surface area (Å²) in [6, 6.07) is 12.8. The fourth-order valence-electron chi connectivity index (χ4n) is 3.47. The molecule has 0 aliphatic rings. The predicted molar refractivity (Wildman–Crippen MR) is 110 cm³/mol. The third-order valence-electron chi connectivity index (χ3n) is 5.05. The highest BCUT2D eigenvalue weighted by Crippen LogP contribution is 2.18. The van der Waals surface area contributed by atoms with Crippen LogP contribution in [0.15, 0.2) is 65.8 Å². The van der Waals surface area contributed by atoms with E-state index >= 15 is 0 Å². The highest BCUT2D eigenvalue weighted by molar-refractivity contribution is 6.08. The van der Waals surface area contributed by atoms with E-state index in [2.05, 4.69) is 4.98 Å². The minimum atomic E-state index is -0.370. The molecule has 0 bridgehead atoms. The number of rotatable bonds is 5. The summed E-state index contributed by atoms with van der Waals surface area (Å²) in [6.07, 6.45) is 3.50. The zero-order chi connectivity index (χ0) is 20.5. The number of hydrogen-bond acceptors (Lipinski definition) is 3. The van der Waals surface area contributed by atoms with Crippen LogP contribution in [0.5, 0.6) is 0 Å². The van der Waals surface area contributed by atoms with Crippen molar-refractivity contribution in [1.29, 1.82) is 0 Å². The molecule has 0 amide bonds.